The van der Waals surface area contributed by atoms with Crippen molar-refractivity contribution < 1.29 is 9.59 Å². The van der Waals surface area contributed by atoms with E-state index in [0.717, 1.165) is 11.3 Å². The summed E-state index contributed by atoms with van der Waals surface area (Å²) in [6.07, 6.45) is 1.57. The Morgan fingerprint density at radius 3 is 2.57 bits per heavy atom. The molecule has 0 bridgehead atoms. The van der Waals surface area contributed by atoms with Crippen LogP contribution in [0.2, 0.25) is 0 Å². The zero-order valence-electron chi connectivity index (χ0n) is 14.2. The predicted octanol–water partition coefficient (Wildman–Crippen LogP) is 2.57. The highest BCUT2D eigenvalue weighted by Crippen LogP contribution is 2.13. The van der Waals surface area contributed by atoms with Gasteiger partial charge in [-0.15, -0.1) is 0 Å². The first-order chi connectivity index (χ1) is 10.8. The largest absolute Gasteiger partial charge is 0.349 e. The monoisotopic (exact) mass is 335 g/mol. The van der Waals surface area contributed by atoms with E-state index in [2.05, 4.69) is 10.6 Å². The summed E-state index contributed by atoms with van der Waals surface area (Å²) in [4.78, 5) is 24.9. The summed E-state index contributed by atoms with van der Waals surface area (Å²) in [5.41, 5.74) is 1.84. The maximum Gasteiger partial charge on any atom is 0.226 e. The molecule has 6 heteroatoms. The Morgan fingerprint density at radius 1 is 1.26 bits per heavy atom. The Kier molecular flexibility index (Phi) is 7.68. The topological polar surface area (TPSA) is 61.4 Å². The second-order valence-corrected chi connectivity index (χ2v) is 6.50. The molecule has 2 amide bonds. The molecule has 0 saturated carbocycles. The lowest BCUT2D eigenvalue weighted by molar-refractivity contribution is -0.128. The van der Waals surface area contributed by atoms with E-state index in [1.165, 1.54) is 0 Å². The van der Waals surface area contributed by atoms with Gasteiger partial charge in [0.25, 0.3) is 0 Å². The highest BCUT2D eigenvalue weighted by atomic mass is 32.1. The van der Waals surface area contributed by atoms with Crippen molar-refractivity contribution in [3.05, 3.63) is 29.8 Å². The number of carbonyl (C=O) groups excluding carboxylic acids is 2. The number of thiocarbonyl (C=S) groups is 1. The Labute approximate surface area is 143 Å². The molecule has 0 saturated heterocycles. The number of amides is 2. The highest BCUT2D eigenvalue weighted by molar-refractivity contribution is 7.80. The van der Waals surface area contributed by atoms with Crippen LogP contribution in [0.3, 0.4) is 0 Å². The van der Waals surface area contributed by atoms with Gasteiger partial charge in [0.15, 0.2) is 5.11 Å². The lowest BCUT2D eigenvalue weighted by Crippen LogP contribution is -2.34. The quantitative estimate of drug-likeness (QED) is 0.785. The third kappa shape index (κ3) is 7.74. The standard InChI is InChI=1S/C17H25N3O2S/c1-12(2)10-15(21)19-17(23)18-14-7-5-6-13(11-14)8-9-16(22)20(3)4/h5-7,11-12H,8-10H2,1-4H3,(H2,18,19,21,23). The summed E-state index contributed by atoms with van der Waals surface area (Å²) in [5, 5.41) is 5.96. The SMILES string of the molecule is CC(C)CC(=O)NC(=S)Nc1cccc(CCC(=O)N(C)C)c1. The molecule has 5 nitrogen and oxygen atoms in total. The third-order valence-corrected chi connectivity index (χ3v) is 3.36. The second kappa shape index (κ2) is 9.25. The molecule has 0 atom stereocenters. The maximum atomic E-state index is 11.7. The lowest BCUT2D eigenvalue weighted by Gasteiger charge is -2.12. The first-order valence-electron chi connectivity index (χ1n) is 7.68. The van der Waals surface area contributed by atoms with Crippen molar-refractivity contribution in [3.63, 3.8) is 0 Å². The van der Waals surface area contributed by atoms with Crippen LogP contribution in [0, 0.1) is 5.92 Å². The molecular weight excluding hydrogens is 310 g/mol. The van der Waals surface area contributed by atoms with Crippen LogP contribution in [-0.4, -0.2) is 35.9 Å². The minimum Gasteiger partial charge on any atom is -0.349 e. The van der Waals surface area contributed by atoms with Gasteiger partial charge in [0.05, 0.1) is 0 Å². The molecule has 23 heavy (non-hydrogen) atoms. The fraction of sp³-hybridized carbons (Fsp3) is 0.471. The fourth-order valence-corrected chi connectivity index (χ4v) is 2.22. The van der Waals surface area contributed by atoms with Gasteiger partial charge in [-0.05, 0) is 42.3 Å². The fourth-order valence-electron chi connectivity index (χ4n) is 1.99. The normalized spacial score (nSPS) is 10.3. The molecule has 0 fully saturated rings. The average molecular weight is 335 g/mol. The molecule has 1 aromatic carbocycles. The molecule has 0 heterocycles. The molecule has 0 radical (unpaired) electrons. The van der Waals surface area contributed by atoms with Gasteiger partial charge < -0.3 is 15.5 Å². The van der Waals surface area contributed by atoms with Gasteiger partial charge in [0.1, 0.15) is 0 Å². The Morgan fingerprint density at radius 2 is 1.96 bits per heavy atom. The average Bonchev–Trinajstić information content (AvgIpc) is 2.43. The van der Waals surface area contributed by atoms with Crippen LogP contribution in [0.1, 0.15) is 32.3 Å². The molecule has 2 N–H and O–H groups in total. The zero-order chi connectivity index (χ0) is 17.4. The zero-order valence-corrected chi connectivity index (χ0v) is 15.0. The van der Waals surface area contributed by atoms with Crippen LogP contribution in [-0.2, 0) is 16.0 Å². The first kappa shape index (κ1) is 19.1. The van der Waals surface area contributed by atoms with Crippen molar-refractivity contribution >= 4 is 34.8 Å². The van der Waals surface area contributed by atoms with E-state index in [-0.39, 0.29) is 22.8 Å². The first-order valence-corrected chi connectivity index (χ1v) is 8.08. The van der Waals surface area contributed by atoms with Crippen LogP contribution >= 0.6 is 12.2 Å². The van der Waals surface area contributed by atoms with Gasteiger partial charge in [0, 0.05) is 32.6 Å². The van der Waals surface area contributed by atoms with E-state index in [1.807, 2.05) is 38.1 Å². The van der Waals surface area contributed by atoms with E-state index in [0.29, 0.717) is 19.3 Å². The Balaban J connectivity index is 2.54. The van der Waals surface area contributed by atoms with Gasteiger partial charge in [-0.25, -0.2) is 0 Å². The number of rotatable bonds is 6. The number of nitrogens with zero attached hydrogens (tertiary/aromatic N) is 1. The predicted molar refractivity (Wildman–Crippen MR) is 97.3 cm³/mol. The summed E-state index contributed by atoms with van der Waals surface area (Å²) in [6.45, 7) is 3.96. The molecule has 1 aromatic rings. The van der Waals surface area contributed by atoms with E-state index >= 15 is 0 Å². The van der Waals surface area contributed by atoms with Gasteiger partial charge in [-0.2, -0.15) is 0 Å². The minimum absolute atomic E-state index is 0.0924. The summed E-state index contributed by atoms with van der Waals surface area (Å²) in [6, 6.07) is 7.67. The van der Waals surface area contributed by atoms with Crippen LogP contribution in [0.4, 0.5) is 5.69 Å². The van der Waals surface area contributed by atoms with Crippen molar-refractivity contribution in [2.75, 3.05) is 19.4 Å². The summed E-state index contributed by atoms with van der Waals surface area (Å²) in [7, 11) is 3.50. The van der Waals surface area contributed by atoms with Crippen molar-refractivity contribution in [2.24, 2.45) is 5.92 Å². The number of carbonyl (C=O) groups is 2. The smallest absolute Gasteiger partial charge is 0.226 e. The van der Waals surface area contributed by atoms with Crippen LogP contribution in [0.25, 0.3) is 0 Å². The van der Waals surface area contributed by atoms with Crippen molar-refractivity contribution in [3.8, 4) is 0 Å². The van der Waals surface area contributed by atoms with Gasteiger partial charge in [0.2, 0.25) is 11.8 Å². The van der Waals surface area contributed by atoms with E-state index in [9.17, 15) is 9.59 Å². The van der Waals surface area contributed by atoms with Crippen molar-refractivity contribution in [1.29, 1.82) is 0 Å². The second-order valence-electron chi connectivity index (χ2n) is 6.09. The van der Waals surface area contributed by atoms with E-state index in [4.69, 9.17) is 12.2 Å². The maximum absolute atomic E-state index is 11.7. The summed E-state index contributed by atoms with van der Waals surface area (Å²) < 4.78 is 0. The minimum atomic E-state index is -0.0924. The van der Waals surface area contributed by atoms with Crippen LogP contribution < -0.4 is 10.6 Å². The molecular formula is C17H25N3O2S. The molecule has 0 aliphatic rings. The molecule has 126 valence electrons. The number of benzene rings is 1. The van der Waals surface area contributed by atoms with Crippen molar-refractivity contribution in [2.45, 2.75) is 33.1 Å². The summed E-state index contributed by atoms with van der Waals surface area (Å²) >= 11 is 5.14. The number of aryl methyl sites for hydroxylation is 1. The Bertz CT molecular complexity index is 571. The third-order valence-electron chi connectivity index (χ3n) is 3.16. The van der Waals surface area contributed by atoms with Gasteiger partial charge in [-0.3, -0.25) is 9.59 Å². The van der Waals surface area contributed by atoms with E-state index in [1.54, 1.807) is 19.0 Å². The molecule has 0 aliphatic heterocycles. The van der Waals surface area contributed by atoms with Crippen LogP contribution in [0.5, 0.6) is 0 Å². The lowest BCUT2D eigenvalue weighted by atomic mass is 10.1. The van der Waals surface area contributed by atoms with Gasteiger partial charge in [-0.1, -0.05) is 26.0 Å². The molecule has 0 aromatic heterocycles. The molecule has 0 aliphatic carbocycles. The van der Waals surface area contributed by atoms with Gasteiger partial charge >= 0.3 is 0 Å². The molecule has 0 unspecified atom stereocenters. The van der Waals surface area contributed by atoms with Crippen molar-refractivity contribution in [1.82, 2.24) is 10.2 Å². The number of hydrogen-bond acceptors (Lipinski definition) is 3. The highest BCUT2D eigenvalue weighted by Gasteiger charge is 2.08. The summed E-state index contributed by atoms with van der Waals surface area (Å²) in [5.74, 6) is 0.292. The van der Waals surface area contributed by atoms with E-state index < -0.39 is 0 Å². The molecule has 0 spiro atoms. The number of hydrogen-bond donors (Lipinski definition) is 2. The number of nitrogens with one attached hydrogen (secondary N) is 2. The Hall–Kier alpha value is -1.95. The number of anilines is 1. The molecule has 1 rings (SSSR count). The van der Waals surface area contributed by atoms with Crippen LogP contribution in [0.15, 0.2) is 24.3 Å².